The molecule has 1 rings (SSSR count). The van der Waals surface area contributed by atoms with Gasteiger partial charge in [-0.1, -0.05) is 25.4 Å². The number of halogens is 1. The molecule has 0 radical (unpaired) electrons. The number of sulfonamides is 1. The van der Waals surface area contributed by atoms with Crippen LogP contribution in [0.4, 0.5) is 0 Å². The number of aliphatic hydroxyl groups is 1. The number of hydrogen-bond acceptors (Lipinski definition) is 4. The lowest BCUT2D eigenvalue weighted by Crippen LogP contribution is -2.39. The van der Waals surface area contributed by atoms with Crippen molar-refractivity contribution in [2.75, 3.05) is 6.61 Å². The Morgan fingerprint density at radius 1 is 1.56 bits per heavy atom. The third-order valence-electron chi connectivity index (χ3n) is 2.40. The Morgan fingerprint density at radius 2 is 2.17 bits per heavy atom. The number of rotatable bonds is 6. The van der Waals surface area contributed by atoms with Crippen molar-refractivity contribution in [3.63, 3.8) is 0 Å². The van der Waals surface area contributed by atoms with Crippen molar-refractivity contribution >= 4 is 21.6 Å². The molecule has 0 aromatic carbocycles. The highest BCUT2D eigenvalue weighted by Gasteiger charge is 2.26. The molecule has 0 aliphatic heterocycles. The highest BCUT2D eigenvalue weighted by atomic mass is 35.5. The van der Waals surface area contributed by atoms with Gasteiger partial charge in [-0.15, -0.1) is 0 Å². The lowest BCUT2D eigenvalue weighted by atomic mass is 10.1. The lowest BCUT2D eigenvalue weighted by molar-refractivity contribution is 0.239. The van der Waals surface area contributed by atoms with Crippen LogP contribution in [-0.2, 0) is 17.1 Å². The van der Waals surface area contributed by atoms with Crippen molar-refractivity contribution < 1.29 is 13.5 Å². The van der Waals surface area contributed by atoms with Gasteiger partial charge in [0.15, 0.2) is 5.03 Å². The summed E-state index contributed by atoms with van der Waals surface area (Å²) >= 11 is 5.80. The van der Waals surface area contributed by atoms with Crippen LogP contribution in [0.15, 0.2) is 11.2 Å². The minimum Gasteiger partial charge on any atom is -0.395 e. The molecule has 0 bridgehead atoms. The zero-order chi connectivity index (χ0) is 13.9. The monoisotopic (exact) mass is 295 g/mol. The molecule has 0 saturated heterocycles. The van der Waals surface area contributed by atoms with E-state index in [1.165, 1.54) is 17.9 Å². The molecule has 1 aromatic rings. The minimum absolute atomic E-state index is 0.0613. The Kier molecular flexibility index (Phi) is 5.15. The van der Waals surface area contributed by atoms with Gasteiger partial charge in [0.2, 0.25) is 0 Å². The molecule has 0 aliphatic carbocycles. The van der Waals surface area contributed by atoms with E-state index in [4.69, 9.17) is 11.6 Å². The fraction of sp³-hybridized carbons (Fsp3) is 0.700. The number of aromatic nitrogens is 2. The minimum atomic E-state index is -3.78. The van der Waals surface area contributed by atoms with Gasteiger partial charge in [-0.05, 0) is 12.3 Å². The fourth-order valence-electron chi connectivity index (χ4n) is 1.71. The second-order valence-corrected chi connectivity index (χ2v) is 6.59. The summed E-state index contributed by atoms with van der Waals surface area (Å²) in [4.78, 5) is 0. The first-order valence-electron chi connectivity index (χ1n) is 5.58. The lowest BCUT2D eigenvalue weighted by Gasteiger charge is -2.18. The smallest absolute Gasteiger partial charge is 0.259 e. The third kappa shape index (κ3) is 3.68. The SMILES string of the molecule is CC(C)CC(CO)NS(=O)(=O)c1c(Cl)cnn1C. The summed E-state index contributed by atoms with van der Waals surface area (Å²) in [5.41, 5.74) is 0. The largest absolute Gasteiger partial charge is 0.395 e. The Hall–Kier alpha value is -0.630. The molecule has 1 heterocycles. The van der Waals surface area contributed by atoms with Crippen molar-refractivity contribution in [2.45, 2.75) is 31.3 Å². The Labute approximate surface area is 112 Å². The van der Waals surface area contributed by atoms with Crippen LogP contribution in [0.2, 0.25) is 5.02 Å². The Bertz CT molecular complexity index is 479. The van der Waals surface area contributed by atoms with E-state index in [0.29, 0.717) is 6.42 Å². The molecule has 0 saturated carbocycles. The molecular weight excluding hydrogens is 278 g/mol. The van der Waals surface area contributed by atoms with Crippen LogP contribution in [0.3, 0.4) is 0 Å². The van der Waals surface area contributed by atoms with E-state index in [1.54, 1.807) is 0 Å². The van der Waals surface area contributed by atoms with Gasteiger partial charge in [-0.3, -0.25) is 4.68 Å². The molecule has 8 heteroatoms. The van der Waals surface area contributed by atoms with Crippen LogP contribution in [0, 0.1) is 5.92 Å². The van der Waals surface area contributed by atoms with E-state index in [-0.39, 0.29) is 22.6 Å². The first-order valence-corrected chi connectivity index (χ1v) is 7.44. The van der Waals surface area contributed by atoms with Crippen LogP contribution >= 0.6 is 11.6 Å². The second-order valence-electron chi connectivity index (χ2n) is 4.55. The average Bonchev–Trinajstić information content (AvgIpc) is 2.56. The van der Waals surface area contributed by atoms with Crippen LogP contribution in [0.25, 0.3) is 0 Å². The van der Waals surface area contributed by atoms with Crippen LogP contribution < -0.4 is 4.72 Å². The zero-order valence-electron chi connectivity index (χ0n) is 10.6. The van der Waals surface area contributed by atoms with Gasteiger partial charge in [-0.25, -0.2) is 13.1 Å². The van der Waals surface area contributed by atoms with Crippen molar-refractivity contribution in [1.29, 1.82) is 0 Å². The highest BCUT2D eigenvalue weighted by Crippen LogP contribution is 2.20. The summed E-state index contributed by atoms with van der Waals surface area (Å²) in [6.45, 7) is 3.65. The van der Waals surface area contributed by atoms with Gasteiger partial charge in [-0.2, -0.15) is 5.10 Å². The first-order chi connectivity index (χ1) is 8.27. The number of hydrogen-bond donors (Lipinski definition) is 2. The number of aryl methyl sites for hydroxylation is 1. The summed E-state index contributed by atoms with van der Waals surface area (Å²) in [6.07, 6.45) is 1.82. The van der Waals surface area contributed by atoms with Gasteiger partial charge in [0.1, 0.15) is 0 Å². The molecule has 0 aliphatic rings. The van der Waals surface area contributed by atoms with E-state index in [2.05, 4.69) is 9.82 Å². The highest BCUT2D eigenvalue weighted by molar-refractivity contribution is 7.89. The normalized spacial score (nSPS) is 14.1. The number of nitrogens with one attached hydrogen (secondary N) is 1. The molecular formula is C10H18ClN3O3S. The molecule has 1 atom stereocenters. The van der Waals surface area contributed by atoms with E-state index >= 15 is 0 Å². The molecule has 2 N–H and O–H groups in total. The van der Waals surface area contributed by atoms with Crippen molar-refractivity contribution in [3.8, 4) is 0 Å². The molecule has 104 valence electrons. The summed E-state index contributed by atoms with van der Waals surface area (Å²) in [5, 5.41) is 12.9. The molecule has 1 aromatic heterocycles. The van der Waals surface area contributed by atoms with Crippen LogP contribution in [0.5, 0.6) is 0 Å². The van der Waals surface area contributed by atoms with Gasteiger partial charge >= 0.3 is 0 Å². The Balaban J connectivity index is 2.94. The topological polar surface area (TPSA) is 84.2 Å². The van der Waals surface area contributed by atoms with Crippen LogP contribution in [0.1, 0.15) is 20.3 Å². The van der Waals surface area contributed by atoms with Gasteiger partial charge < -0.3 is 5.11 Å². The predicted molar refractivity (Wildman–Crippen MR) is 68.9 cm³/mol. The first kappa shape index (κ1) is 15.4. The maximum Gasteiger partial charge on any atom is 0.259 e. The quantitative estimate of drug-likeness (QED) is 0.811. The molecule has 1 unspecified atom stereocenters. The molecule has 0 spiro atoms. The van der Waals surface area contributed by atoms with Gasteiger partial charge in [0.05, 0.1) is 17.8 Å². The summed E-state index contributed by atoms with van der Waals surface area (Å²) in [5.74, 6) is 0.270. The van der Waals surface area contributed by atoms with Crippen molar-refractivity contribution in [3.05, 3.63) is 11.2 Å². The van der Waals surface area contributed by atoms with E-state index in [0.717, 1.165) is 0 Å². The summed E-state index contributed by atoms with van der Waals surface area (Å²) in [7, 11) is -2.28. The number of aliphatic hydroxyl groups excluding tert-OH is 1. The maximum absolute atomic E-state index is 12.1. The number of nitrogens with zero attached hydrogens (tertiary/aromatic N) is 2. The van der Waals surface area contributed by atoms with Crippen LogP contribution in [-0.4, -0.2) is 36.0 Å². The fourth-order valence-corrected chi connectivity index (χ4v) is 3.60. The predicted octanol–water partition coefficient (Wildman–Crippen LogP) is 0.759. The maximum atomic E-state index is 12.1. The summed E-state index contributed by atoms with van der Waals surface area (Å²) < 4.78 is 27.9. The van der Waals surface area contributed by atoms with Crippen molar-refractivity contribution in [2.24, 2.45) is 13.0 Å². The van der Waals surface area contributed by atoms with E-state index in [9.17, 15) is 13.5 Å². The van der Waals surface area contributed by atoms with Gasteiger partial charge in [0, 0.05) is 13.1 Å². The van der Waals surface area contributed by atoms with Crippen molar-refractivity contribution in [1.82, 2.24) is 14.5 Å². The van der Waals surface area contributed by atoms with Gasteiger partial charge in [0.25, 0.3) is 10.0 Å². The molecule has 0 fully saturated rings. The second kappa shape index (κ2) is 6.01. The van der Waals surface area contributed by atoms with E-state index in [1.807, 2.05) is 13.8 Å². The standard InChI is InChI=1S/C10H18ClN3O3S/c1-7(2)4-8(6-15)13-18(16,17)10-9(11)5-12-14(10)3/h5,7-8,13,15H,4,6H2,1-3H3. The molecule has 6 nitrogen and oxygen atoms in total. The third-order valence-corrected chi connectivity index (χ3v) is 4.42. The molecule has 0 amide bonds. The van der Waals surface area contributed by atoms with E-state index < -0.39 is 16.1 Å². The summed E-state index contributed by atoms with van der Waals surface area (Å²) in [6, 6.07) is -0.527. The Morgan fingerprint density at radius 3 is 2.56 bits per heavy atom. The zero-order valence-corrected chi connectivity index (χ0v) is 12.2. The average molecular weight is 296 g/mol. The molecule has 18 heavy (non-hydrogen) atoms.